The third kappa shape index (κ3) is 3.35. The molecule has 0 amide bonds. The van der Waals surface area contributed by atoms with Gasteiger partial charge in [-0.05, 0) is 43.1 Å². The van der Waals surface area contributed by atoms with Gasteiger partial charge >= 0.3 is 0 Å². The van der Waals surface area contributed by atoms with Crippen molar-refractivity contribution in [1.29, 1.82) is 0 Å². The van der Waals surface area contributed by atoms with Gasteiger partial charge in [-0.2, -0.15) is 0 Å². The lowest BCUT2D eigenvalue weighted by Crippen LogP contribution is -2.40. The third-order valence-corrected chi connectivity index (χ3v) is 4.46. The molecule has 2 rings (SSSR count). The predicted octanol–water partition coefficient (Wildman–Crippen LogP) is 4.55. The number of hydrogen-bond donors (Lipinski definition) is 1. The standard InChI is InChI=1S/C17H27N/c1-4-16(15-8-6-5-7-9-15)18-17-11-10-13(2)12-14(17)3/h5-9,13-14,16-18H,4,10-12H2,1-3H3. The van der Waals surface area contributed by atoms with Crippen molar-refractivity contribution in [3.8, 4) is 0 Å². The van der Waals surface area contributed by atoms with Crippen LogP contribution in [0.15, 0.2) is 30.3 Å². The maximum atomic E-state index is 3.89. The summed E-state index contributed by atoms with van der Waals surface area (Å²) in [5.41, 5.74) is 1.44. The van der Waals surface area contributed by atoms with Crippen molar-refractivity contribution < 1.29 is 0 Å². The van der Waals surface area contributed by atoms with Crippen molar-refractivity contribution in [1.82, 2.24) is 5.32 Å². The summed E-state index contributed by atoms with van der Waals surface area (Å²) in [6.07, 6.45) is 5.27. The smallest absolute Gasteiger partial charge is 0.0320 e. The van der Waals surface area contributed by atoms with Gasteiger partial charge in [0.2, 0.25) is 0 Å². The summed E-state index contributed by atoms with van der Waals surface area (Å²) in [5.74, 6) is 1.72. The van der Waals surface area contributed by atoms with Crippen LogP contribution in [-0.4, -0.2) is 6.04 Å². The van der Waals surface area contributed by atoms with Crippen molar-refractivity contribution in [2.75, 3.05) is 0 Å². The average Bonchev–Trinajstić information content (AvgIpc) is 2.39. The van der Waals surface area contributed by atoms with Crippen LogP contribution < -0.4 is 5.32 Å². The van der Waals surface area contributed by atoms with Crippen LogP contribution in [0.2, 0.25) is 0 Å². The van der Waals surface area contributed by atoms with Gasteiger partial charge < -0.3 is 5.32 Å². The van der Waals surface area contributed by atoms with Crippen LogP contribution >= 0.6 is 0 Å². The third-order valence-electron chi connectivity index (χ3n) is 4.46. The minimum atomic E-state index is 0.520. The molecule has 0 bridgehead atoms. The first-order chi connectivity index (χ1) is 8.70. The first-order valence-corrected chi connectivity index (χ1v) is 7.51. The molecule has 0 spiro atoms. The topological polar surface area (TPSA) is 12.0 Å². The first kappa shape index (κ1) is 13.6. The van der Waals surface area contributed by atoms with Crippen LogP contribution in [0.4, 0.5) is 0 Å². The number of nitrogens with one attached hydrogen (secondary N) is 1. The fraction of sp³-hybridized carbons (Fsp3) is 0.647. The molecule has 0 aliphatic heterocycles. The lowest BCUT2D eigenvalue weighted by atomic mass is 9.79. The Kier molecular flexibility index (Phi) is 4.82. The Morgan fingerprint density at radius 2 is 1.89 bits per heavy atom. The molecule has 0 aromatic heterocycles. The van der Waals surface area contributed by atoms with Crippen LogP contribution in [0, 0.1) is 11.8 Å². The lowest BCUT2D eigenvalue weighted by molar-refractivity contribution is 0.212. The number of hydrogen-bond acceptors (Lipinski definition) is 1. The molecule has 1 aliphatic carbocycles. The second-order valence-electron chi connectivity index (χ2n) is 6.04. The molecule has 1 aromatic rings. The summed E-state index contributed by atoms with van der Waals surface area (Å²) in [5, 5.41) is 3.89. The van der Waals surface area contributed by atoms with Crippen molar-refractivity contribution in [3.05, 3.63) is 35.9 Å². The molecule has 0 saturated heterocycles. The van der Waals surface area contributed by atoms with Crippen molar-refractivity contribution in [2.24, 2.45) is 11.8 Å². The van der Waals surface area contributed by atoms with E-state index < -0.39 is 0 Å². The van der Waals surface area contributed by atoms with E-state index in [9.17, 15) is 0 Å². The maximum Gasteiger partial charge on any atom is 0.0320 e. The predicted molar refractivity (Wildman–Crippen MR) is 78.6 cm³/mol. The normalized spacial score (nSPS) is 30.1. The van der Waals surface area contributed by atoms with Gasteiger partial charge in [0, 0.05) is 12.1 Å². The van der Waals surface area contributed by atoms with Gasteiger partial charge in [-0.25, -0.2) is 0 Å². The zero-order valence-corrected chi connectivity index (χ0v) is 12.0. The molecule has 0 radical (unpaired) electrons. The molecule has 4 atom stereocenters. The van der Waals surface area contributed by atoms with E-state index in [0.29, 0.717) is 12.1 Å². The molecule has 4 unspecified atom stereocenters. The van der Waals surface area contributed by atoms with Crippen LogP contribution in [0.3, 0.4) is 0 Å². The van der Waals surface area contributed by atoms with E-state index in [1.165, 1.54) is 31.2 Å². The van der Waals surface area contributed by atoms with Gasteiger partial charge in [0.15, 0.2) is 0 Å². The van der Waals surface area contributed by atoms with E-state index in [-0.39, 0.29) is 0 Å². The van der Waals surface area contributed by atoms with Crippen LogP contribution in [0.1, 0.15) is 58.1 Å². The summed E-state index contributed by atoms with van der Waals surface area (Å²) >= 11 is 0. The second kappa shape index (κ2) is 6.38. The fourth-order valence-electron chi connectivity index (χ4n) is 3.31. The molecule has 100 valence electrons. The molecule has 1 fully saturated rings. The highest BCUT2D eigenvalue weighted by Crippen LogP contribution is 2.30. The van der Waals surface area contributed by atoms with Crippen molar-refractivity contribution in [3.63, 3.8) is 0 Å². The Bertz CT molecular complexity index is 346. The SMILES string of the molecule is CCC(NC1CCC(C)CC1C)c1ccccc1. The second-order valence-corrected chi connectivity index (χ2v) is 6.04. The molecule has 18 heavy (non-hydrogen) atoms. The van der Waals surface area contributed by atoms with Gasteiger partial charge in [0.25, 0.3) is 0 Å². The minimum Gasteiger partial charge on any atom is -0.307 e. The average molecular weight is 245 g/mol. The van der Waals surface area contributed by atoms with Gasteiger partial charge in [-0.1, -0.05) is 51.1 Å². The highest BCUT2D eigenvalue weighted by Gasteiger charge is 2.26. The van der Waals surface area contributed by atoms with Gasteiger partial charge in [0.1, 0.15) is 0 Å². The molecule has 1 aliphatic rings. The highest BCUT2D eigenvalue weighted by molar-refractivity contribution is 5.19. The van der Waals surface area contributed by atoms with Gasteiger partial charge in [-0.3, -0.25) is 0 Å². The van der Waals surface area contributed by atoms with E-state index in [2.05, 4.69) is 56.4 Å². The van der Waals surface area contributed by atoms with E-state index >= 15 is 0 Å². The largest absolute Gasteiger partial charge is 0.307 e. The summed E-state index contributed by atoms with van der Waals surface area (Å²) in [6, 6.07) is 12.1. The summed E-state index contributed by atoms with van der Waals surface area (Å²) in [6.45, 7) is 7.08. The molecular weight excluding hydrogens is 218 g/mol. The quantitative estimate of drug-likeness (QED) is 0.820. The minimum absolute atomic E-state index is 0.520. The monoisotopic (exact) mass is 245 g/mol. The van der Waals surface area contributed by atoms with E-state index in [1.54, 1.807) is 0 Å². The zero-order chi connectivity index (χ0) is 13.0. The molecular formula is C17H27N. The van der Waals surface area contributed by atoms with E-state index in [4.69, 9.17) is 0 Å². The van der Waals surface area contributed by atoms with Gasteiger partial charge in [0.05, 0.1) is 0 Å². The maximum absolute atomic E-state index is 3.89. The molecule has 1 heteroatoms. The molecule has 1 saturated carbocycles. The highest BCUT2D eigenvalue weighted by atomic mass is 15.0. The van der Waals surface area contributed by atoms with Crippen LogP contribution in [-0.2, 0) is 0 Å². The fourth-order valence-corrected chi connectivity index (χ4v) is 3.31. The molecule has 1 N–H and O–H groups in total. The van der Waals surface area contributed by atoms with E-state index in [0.717, 1.165) is 11.8 Å². The summed E-state index contributed by atoms with van der Waals surface area (Å²) < 4.78 is 0. The first-order valence-electron chi connectivity index (χ1n) is 7.51. The van der Waals surface area contributed by atoms with Crippen molar-refractivity contribution >= 4 is 0 Å². The number of rotatable bonds is 4. The van der Waals surface area contributed by atoms with Crippen LogP contribution in [0.25, 0.3) is 0 Å². The molecule has 0 heterocycles. The summed E-state index contributed by atoms with van der Waals surface area (Å²) in [7, 11) is 0. The zero-order valence-electron chi connectivity index (χ0n) is 12.0. The Balaban J connectivity index is 1.98. The Morgan fingerprint density at radius 1 is 1.17 bits per heavy atom. The Hall–Kier alpha value is -0.820. The van der Waals surface area contributed by atoms with Crippen LogP contribution in [0.5, 0.6) is 0 Å². The lowest BCUT2D eigenvalue weighted by Gasteiger charge is -2.36. The Morgan fingerprint density at radius 3 is 2.50 bits per heavy atom. The summed E-state index contributed by atoms with van der Waals surface area (Å²) in [4.78, 5) is 0. The van der Waals surface area contributed by atoms with Gasteiger partial charge in [-0.15, -0.1) is 0 Å². The Labute approximate surface area is 112 Å². The van der Waals surface area contributed by atoms with E-state index in [1.807, 2.05) is 0 Å². The molecule has 1 nitrogen and oxygen atoms in total. The molecule has 1 aromatic carbocycles. The number of benzene rings is 1. The van der Waals surface area contributed by atoms with Crippen molar-refractivity contribution in [2.45, 2.75) is 58.5 Å².